The standard InChI is InChI=1S/C9H6Cl2N4/c10-8-6(5-14-9(11)15-8)4-7-12-2-1-3-13-7/h1-3,5H,4H2. The lowest BCUT2D eigenvalue weighted by Crippen LogP contribution is -1.98. The van der Waals surface area contributed by atoms with Gasteiger partial charge in [-0.25, -0.2) is 19.9 Å². The minimum atomic E-state index is 0.137. The van der Waals surface area contributed by atoms with Crippen LogP contribution >= 0.6 is 23.2 Å². The highest BCUT2D eigenvalue weighted by molar-refractivity contribution is 6.32. The molecule has 0 spiro atoms. The quantitative estimate of drug-likeness (QED) is 0.597. The molecule has 0 radical (unpaired) electrons. The maximum absolute atomic E-state index is 5.89. The fourth-order valence-corrected chi connectivity index (χ4v) is 1.45. The summed E-state index contributed by atoms with van der Waals surface area (Å²) in [5.74, 6) is 0.672. The van der Waals surface area contributed by atoms with Gasteiger partial charge in [0.2, 0.25) is 5.28 Å². The molecule has 4 nitrogen and oxygen atoms in total. The summed E-state index contributed by atoms with van der Waals surface area (Å²) < 4.78 is 0. The number of aromatic nitrogens is 4. The van der Waals surface area contributed by atoms with Crippen molar-refractivity contribution in [3.63, 3.8) is 0 Å². The van der Waals surface area contributed by atoms with Gasteiger partial charge in [0.25, 0.3) is 0 Å². The number of rotatable bonds is 2. The SMILES string of the molecule is Clc1ncc(Cc2ncccn2)c(Cl)n1. The minimum Gasteiger partial charge on any atom is -0.241 e. The fraction of sp³-hybridized carbons (Fsp3) is 0.111. The van der Waals surface area contributed by atoms with E-state index < -0.39 is 0 Å². The van der Waals surface area contributed by atoms with Crippen LogP contribution in [0.3, 0.4) is 0 Å². The molecule has 2 aromatic heterocycles. The van der Waals surface area contributed by atoms with Crippen LogP contribution in [-0.4, -0.2) is 19.9 Å². The summed E-state index contributed by atoms with van der Waals surface area (Å²) in [4.78, 5) is 15.8. The molecule has 0 aliphatic rings. The summed E-state index contributed by atoms with van der Waals surface area (Å²) >= 11 is 11.5. The highest BCUT2D eigenvalue weighted by Crippen LogP contribution is 2.16. The number of hydrogen-bond donors (Lipinski definition) is 0. The number of hydrogen-bond acceptors (Lipinski definition) is 4. The maximum atomic E-state index is 5.89. The first-order valence-corrected chi connectivity index (χ1v) is 4.94. The third-order valence-corrected chi connectivity index (χ3v) is 2.26. The molecule has 0 atom stereocenters. The third kappa shape index (κ3) is 2.61. The fourth-order valence-electron chi connectivity index (χ4n) is 1.08. The highest BCUT2D eigenvalue weighted by atomic mass is 35.5. The lowest BCUT2D eigenvalue weighted by atomic mass is 10.2. The van der Waals surface area contributed by atoms with Crippen LogP contribution in [0.15, 0.2) is 24.7 Å². The van der Waals surface area contributed by atoms with Gasteiger partial charge in [0.05, 0.1) is 0 Å². The molecule has 15 heavy (non-hydrogen) atoms. The minimum absolute atomic E-state index is 0.137. The smallest absolute Gasteiger partial charge is 0.223 e. The Labute approximate surface area is 96.3 Å². The molecule has 0 saturated carbocycles. The van der Waals surface area contributed by atoms with E-state index in [1.54, 1.807) is 24.7 Å². The van der Waals surface area contributed by atoms with Gasteiger partial charge in [-0.15, -0.1) is 0 Å². The van der Waals surface area contributed by atoms with E-state index in [1.807, 2.05) is 0 Å². The second-order valence-electron chi connectivity index (χ2n) is 2.80. The zero-order chi connectivity index (χ0) is 10.7. The molecule has 76 valence electrons. The maximum Gasteiger partial charge on any atom is 0.223 e. The van der Waals surface area contributed by atoms with Gasteiger partial charge in [-0.1, -0.05) is 11.6 Å². The van der Waals surface area contributed by atoms with Gasteiger partial charge >= 0.3 is 0 Å². The van der Waals surface area contributed by atoms with E-state index in [1.165, 1.54) is 0 Å². The lowest BCUT2D eigenvalue weighted by molar-refractivity contribution is 0.948. The lowest BCUT2D eigenvalue weighted by Gasteiger charge is -2.01. The Hall–Kier alpha value is -1.26. The Kier molecular flexibility index (Phi) is 3.08. The van der Waals surface area contributed by atoms with Crippen molar-refractivity contribution in [2.45, 2.75) is 6.42 Å². The van der Waals surface area contributed by atoms with Crippen molar-refractivity contribution in [2.75, 3.05) is 0 Å². The molecule has 2 rings (SSSR count). The molecule has 0 amide bonds. The van der Waals surface area contributed by atoms with Crippen molar-refractivity contribution in [3.05, 3.63) is 46.5 Å². The van der Waals surface area contributed by atoms with Crippen molar-refractivity contribution in [2.24, 2.45) is 0 Å². The Bertz CT molecular complexity index is 461. The van der Waals surface area contributed by atoms with E-state index in [0.717, 1.165) is 5.56 Å². The Morgan fingerprint density at radius 1 is 1.07 bits per heavy atom. The zero-order valence-electron chi connectivity index (χ0n) is 7.56. The Morgan fingerprint density at radius 2 is 1.80 bits per heavy atom. The van der Waals surface area contributed by atoms with Crippen LogP contribution in [0.25, 0.3) is 0 Å². The molecule has 6 heteroatoms. The van der Waals surface area contributed by atoms with Gasteiger partial charge in [0, 0.05) is 30.6 Å². The second kappa shape index (κ2) is 4.51. The van der Waals surface area contributed by atoms with E-state index in [-0.39, 0.29) is 5.28 Å². The van der Waals surface area contributed by atoms with Gasteiger partial charge < -0.3 is 0 Å². The van der Waals surface area contributed by atoms with E-state index in [2.05, 4.69) is 19.9 Å². The zero-order valence-corrected chi connectivity index (χ0v) is 9.07. The van der Waals surface area contributed by atoms with E-state index in [9.17, 15) is 0 Å². The van der Waals surface area contributed by atoms with Gasteiger partial charge in [-0.2, -0.15) is 0 Å². The largest absolute Gasteiger partial charge is 0.241 e. The molecular weight excluding hydrogens is 235 g/mol. The van der Waals surface area contributed by atoms with Crippen molar-refractivity contribution in [3.8, 4) is 0 Å². The monoisotopic (exact) mass is 240 g/mol. The van der Waals surface area contributed by atoms with Crippen LogP contribution in [0, 0.1) is 0 Å². The van der Waals surface area contributed by atoms with Crippen LogP contribution in [0.1, 0.15) is 11.4 Å². The molecule has 0 bridgehead atoms. The van der Waals surface area contributed by atoms with Crippen molar-refractivity contribution in [1.82, 2.24) is 19.9 Å². The van der Waals surface area contributed by atoms with E-state index in [0.29, 0.717) is 17.4 Å². The molecular formula is C9H6Cl2N4. The number of halogens is 2. The van der Waals surface area contributed by atoms with Gasteiger partial charge in [0.1, 0.15) is 11.0 Å². The molecule has 0 aliphatic carbocycles. The topological polar surface area (TPSA) is 51.6 Å². The molecule has 0 fully saturated rings. The predicted octanol–water partition coefficient (Wildman–Crippen LogP) is 2.16. The molecule has 0 aliphatic heterocycles. The van der Waals surface area contributed by atoms with Crippen LogP contribution in [0.4, 0.5) is 0 Å². The van der Waals surface area contributed by atoms with E-state index >= 15 is 0 Å². The van der Waals surface area contributed by atoms with Gasteiger partial charge in [-0.05, 0) is 17.7 Å². The van der Waals surface area contributed by atoms with Crippen molar-refractivity contribution < 1.29 is 0 Å². The second-order valence-corrected chi connectivity index (χ2v) is 3.49. The number of nitrogens with zero attached hydrogens (tertiary/aromatic N) is 4. The van der Waals surface area contributed by atoms with Crippen LogP contribution in [0.5, 0.6) is 0 Å². The predicted molar refractivity (Wildman–Crippen MR) is 56.9 cm³/mol. The normalized spacial score (nSPS) is 10.3. The summed E-state index contributed by atoms with van der Waals surface area (Å²) in [7, 11) is 0. The Morgan fingerprint density at radius 3 is 2.47 bits per heavy atom. The Balaban J connectivity index is 2.25. The van der Waals surface area contributed by atoms with Crippen LogP contribution in [-0.2, 0) is 6.42 Å². The molecule has 0 aromatic carbocycles. The average Bonchev–Trinajstić information content (AvgIpc) is 2.24. The molecule has 0 N–H and O–H groups in total. The molecule has 2 aromatic rings. The van der Waals surface area contributed by atoms with Crippen molar-refractivity contribution in [1.29, 1.82) is 0 Å². The first kappa shape index (κ1) is 10.3. The third-order valence-electron chi connectivity index (χ3n) is 1.75. The summed E-state index contributed by atoms with van der Waals surface area (Å²) in [6, 6.07) is 1.75. The summed E-state index contributed by atoms with van der Waals surface area (Å²) in [6.07, 6.45) is 5.42. The molecule has 2 heterocycles. The highest BCUT2D eigenvalue weighted by Gasteiger charge is 2.06. The summed E-state index contributed by atoms with van der Waals surface area (Å²) in [5.41, 5.74) is 0.757. The van der Waals surface area contributed by atoms with Crippen LogP contribution < -0.4 is 0 Å². The van der Waals surface area contributed by atoms with Gasteiger partial charge in [-0.3, -0.25) is 0 Å². The summed E-state index contributed by atoms with van der Waals surface area (Å²) in [6.45, 7) is 0. The van der Waals surface area contributed by atoms with E-state index in [4.69, 9.17) is 23.2 Å². The van der Waals surface area contributed by atoms with Gasteiger partial charge in [0.15, 0.2) is 0 Å². The average molecular weight is 241 g/mol. The molecule has 0 saturated heterocycles. The van der Waals surface area contributed by atoms with Crippen molar-refractivity contribution >= 4 is 23.2 Å². The molecule has 0 unspecified atom stereocenters. The van der Waals surface area contributed by atoms with Crippen LogP contribution in [0.2, 0.25) is 10.4 Å². The first-order valence-electron chi connectivity index (χ1n) is 4.18. The summed E-state index contributed by atoms with van der Waals surface area (Å²) in [5, 5.41) is 0.472. The first-order chi connectivity index (χ1) is 7.25.